The summed E-state index contributed by atoms with van der Waals surface area (Å²) in [5, 5.41) is 19.4. The lowest BCUT2D eigenvalue weighted by atomic mass is 10.0. The third kappa shape index (κ3) is 3.99. The zero-order valence-corrected chi connectivity index (χ0v) is 18.6. The molecular weight excluding hydrogens is 408 g/mol. The lowest BCUT2D eigenvalue weighted by Crippen LogP contribution is -2.37. The van der Waals surface area contributed by atoms with Crippen LogP contribution < -0.4 is 9.74 Å². The molecular formula is C24H32N4O4. The Balaban J connectivity index is 1.20. The highest BCUT2D eigenvalue weighted by atomic mass is 16.7. The molecule has 2 atom stereocenters. The monoisotopic (exact) mass is 440 g/mol. The first-order chi connectivity index (χ1) is 15.5. The van der Waals surface area contributed by atoms with Crippen LogP contribution in [-0.2, 0) is 6.54 Å². The van der Waals surface area contributed by atoms with Gasteiger partial charge in [0.25, 0.3) is 0 Å². The van der Waals surface area contributed by atoms with E-state index in [4.69, 9.17) is 4.84 Å². The van der Waals surface area contributed by atoms with Crippen LogP contribution in [0.1, 0.15) is 30.4 Å². The van der Waals surface area contributed by atoms with Gasteiger partial charge in [-0.15, -0.1) is 4.73 Å². The fraction of sp³-hybridized carbons (Fsp3) is 0.542. The zero-order chi connectivity index (χ0) is 22.2. The number of fused-ring (bicyclic) bond motifs is 1. The molecule has 32 heavy (non-hydrogen) atoms. The Morgan fingerprint density at radius 3 is 2.28 bits per heavy atom. The molecule has 8 nitrogen and oxygen atoms in total. The number of likely N-dealkylation sites (tertiary alicyclic amines) is 2. The molecule has 8 heteroatoms. The molecule has 0 radical (unpaired) electrons. The number of para-hydroxylation sites is 1. The number of hydrogen-bond acceptors (Lipinski definition) is 6. The topological polar surface area (TPSA) is 81.4 Å². The summed E-state index contributed by atoms with van der Waals surface area (Å²) in [7, 11) is 0. The summed E-state index contributed by atoms with van der Waals surface area (Å²) < 4.78 is 0.753. The van der Waals surface area contributed by atoms with E-state index in [0.717, 1.165) is 37.5 Å². The number of carbonyl (C=O) groups is 1. The second-order valence-corrected chi connectivity index (χ2v) is 9.45. The summed E-state index contributed by atoms with van der Waals surface area (Å²) in [6.45, 7) is 8.64. The molecule has 0 spiro atoms. The van der Waals surface area contributed by atoms with Gasteiger partial charge in [-0.2, -0.15) is 0 Å². The van der Waals surface area contributed by atoms with Gasteiger partial charge in [0.05, 0.1) is 0 Å². The van der Waals surface area contributed by atoms with Gasteiger partial charge in [0.2, 0.25) is 11.8 Å². The number of aryl methyl sites for hydroxylation is 1. The van der Waals surface area contributed by atoms with Gasteiger partial charge in [-0.25, -0.2) is 4.79 Å². The van der Waals surface area contributed by atoms with Crippen LogP contribution in [0.5, 0.6) is 11.8 Å². The first kappa shape index (κ1) is 21.0. The van der Waals surface area contributed by atoms with Gasteiger partial charge in [0.1, 0.15) is 0 Å². The van der Waals surface area contributed by atoms with E-state index >= 15 is 0 Å². The van der Waals surface area contributed by atoms with Crippen molar-refractivity contribution < 1.29 is 19.8 Å². The molecule has 1 aromatic carbocycles. The van der Waals surface area contributed by atoms with Gasteiger partial charge >= 0.3 is 6.09 Å². The van der Waals surface area contributed by atoms with E-state index in [-0.39, 0.29) is 11.8 Å². The van der Waals surface area contributed by atoms with E-state index in [1.165, 1.54) is 48.2 Å². The van der Waals surface area contributed by atoms with Crippen molar-refractivity contribution in [3.63, 3.8) is 0 Å². The van der Waals surface area contributed by atoms with E-state index in [9.17, 15) is 15.0 Å². The average Bonchev–Trinajstić information content (AvgIpc) is 3.43. The van der Waals surface area contributed by atoms with Crippen LogP contribution in [0, 0.1) is 18.8 Å². The van der Waals surface area contributed by atoms with Crippen LogP contribution in [0.4, 0.5) is 10.5 Å². The third-order valence-electron chi connectivity index (χ3n) is 7.17. The standard InChI is InChI=1S/C24H32N4O4/c1-17-6-5-7-18(23(17)26-10-3-2-4-11-26)12-25-13-19-15-27(16-20(19)14-25)24(31)32-28-21(29)8-9-22(28)30/h5-9,19-20,29-30H,2-4,10-16H2,1H3. The van der Waals surface area contributed by atoms with Crippen molar-refractivity contribution in [1.29, 1.82) is 0 Å². The molecule has 0 saturated carbocycles. The molecule has 3 fully saturated rings. The van der Waals surface area contributed by atoms with E-state index < -0.39 is 6.09 Å². The molecule has 2 N–H and O–H groups in total. The molecule has 2 unspecified atom stereocenters. The normalized spacial score (nSPS) is 23.5. The summed E-state index contributed by atoms with van der Waals surface area (Å²) in [6, 6.07) is 9.21. The maximum atomic E-state index is 12.5. The van der Waals surface area contributed by atoms with Crippen molar-refractivity contribution in [2.75, 3.05) is 44.2 Å². The number of benzene rings is 1. The van der Waals surface area contributed by atoms with Crippen molar-refractivity contribution >= 4 is 11.8 Å². The molecule has 172 valence electrons. The maximum absolute atomic E-state index is 12.5. The van der Waals surface area contributed by atoms with Gasteiger partial charge in [0.15, 0.2) is 0 Å². The molecule has 0 aliphatic carbocycles. The van der Waals surface area contributed by atoms with E-state index in [1.807, 2.05) is 0 Å². The number of hydrogen-bond donors (Lipinski definition) is 2. The number of amides is 1. The summed E-state index contributed by atoms with van der Waals surface area (Å²) >= 11 is 0. The molecule has 4 heterocycles. The van der Waals surface area contributed by atoms with Crippen LogP contribution in [0.25, 0.3) is 0 Å². The van der Waals surface area contributed by atoms with E-state index in [0.29, 0.717) is 24.9 Å². The Morgan fingerprint density at radius 2 is 1.62 bits per heavy atom. The Labute approximate surface area is 188 Å². The fourth-order valence-corrected chi connectivity index (χ4v) is 5.66. The first-order valence-electron chi connectivity index (χ1n) is 11.6. The van der Waals surface area contributed by atoms with Gasteiger partial charge in [-0.05, 0) is 49.1 Å². The van der Waals surface area contributed by atoms with Crippen LogP contribution in [0.15, 0.2) is 30.3 Å². The molecule has 1 aromatic heterocycles. The SMILES string of the molecule is Cc1cccc(CN2CC3CN(C(=O)On4c(O)ccc4O)CC3C2)c1N1CCCCC1. The number of piperidine rings is 1. The minimum atomic E-state index is -0.543. The maximum Gasteiger partial charge on any atom is 0.434 e. The number of aromatic hydroxyl groups is 2. The van der Waals surface area contributed by atoms with E-state index in [2.05, 4.69) is 34.9 Å². The highest BCUT2D eigenvalue weighted by molar-refractivity contribution is 5.68. The lowest BCUT2D eigenvalue weighted by molar-refractivity contribution is 0.0774. The minimum absolute atomic E-state index is 0.302. The van der Waals surface area contributed by atoms with Gasteiger partial charge < -0.3 is 24.9 Å². The third-order valence-corrected chi connectivity index (χ3v) is 7.17. The number of carbonyl (C=O) groups excluding carboxylic acids is 1. The minimum Gasteiger partial charge on any atom is -0.492 e. The first-order valence-corrected chi connectivity index (χ1v) is 11.6. The van der Waals surface area contributed by atoms with Crippen LogP contribution in [-0.4, -0.2) is 70.1 Å². The summed E-state index contributed by atoms with van der Waals surface area (Å²) in [4.78, 5) is 24.4. The average molecular weight is 441 g/mol. The summed E-state index contributed by atoms with van der Waals surface area (Å²) in [5.74, 6) is 0.225. The van der Waals surface area contributed by atoms with Crippen molar-refractivity contribution in [3.05, 3.63) is 41.5 Å². The molecule has 3 saturated heterocycles. The zero-order valence-electron chi connectivity index (χ0n) is 18.6. The highest BCUT2D eigenvalue weighted by Gasteiger charge is 2.42. The second kappa shape index (κ2) is 8.58. The van der Waals surface area contributed by atoms with Crippen molar-refractivity contribution in [3.8, 4) is 11.8 Å². The smallest absolute Gasteiger partial charge is 0.434 e. The predicted octanol–water partition coefficient (Wildman–Crippen LogP) is 2.81. The number of anilines is 1. The Kier molecular flexibility index (Phi) is 5.63. The fourth-order valence-electron chi connectivity index (χ4n) is 5.66. The largest absolute Gasteiger partial charge is 0.492 e. The van der Waals surface area contributed by atoms with Crippen LogP contribution >= 0.6 is 0 Å². The molecule has 2 aromatic rings. The van der Waals surface area contributed by atoms with Crippen LogP contribution in [0.2, 0.25) is 0 Å². The van der Waals surface area contributed by atoms with E-state index in [1.54, 1.807) is 4.90 Å². The summed E-state index contributed by atoms with van der Waals surface area (Å²) in [6.07, 6.45) is 3.33. The molecule has 1 amide bonds. The number of aromatic nitrogens is 1. The Hall–Kier alpha value is -2.87. The predicted molar refractivity (Wildman–Crippen MR) is 121 cm³/mol. The molecule has 0 bridgehead atoms. The van der Waals surface area contributed by atoms with Gasteiger partial charge in [-0.1, -0.05) is 18.2 Å². The van der Waals surface area contributed by atoms with Crippen LogP contribution in [0.3, 0.4) is 0 Å². The Bertz CT molecular complexity index is 951. The van der Waals surface area contributed by atoms with Crippen molar-refractivity contribution in [2.24, 2.45) is 11.8 Å². The molecule has 3 aliphatic rings. The highest BCUT2D eigenvalue weighted by Crippen LogP contribution is 2.35. The Morgan fingerprint density at radius 1 is 0.969 bits per heavy atom. The number of nitrogens with zero attached hydrogens (tertiary/aromatic N) is 4. The van der Waals surface area contributed by atoms with Gasteiger partial charge in [-0.3, -0.25) is 4.90 Å². The quantitative estimate of drug-likeness (QED) is 0.761. The number of rotatable bonds is 4. The van der Waals surface area contributed by atoms with Gasteiger partial charge in [0, 0.05) is 63.6 Å². The molecule has 3 aliphatic heterocycles. The molecule has 5 rings (SSSR count). The second-order valence-electron chi connectivity index (χ2n) is 9.45. The van der Waals surface area contributed by atoms with Crippen molar-refractivity contribution in [2.45, 2.75) is 32.7 Å². The van der Waals surface area contributed by atoms with Crippen molar-refractivity contribution in [1.82, 2.24) is 14.5 Å². The summed E-state index contributed by atoms with van der Waals surface area (Å²) in [5.41, 5.74) is 4.18. The lowest BCUT2D eigenvalue weighted by Gasteiger charge is -2.33.